The second kappa shape index (κ2) is 5.86. The molecule has 5 heteroatoms. The SMILES string of the molecule is Bc1cccc(C(=C)c2ccc(OC(F)F)c(F)c2)c1. The van der Waals surface area contributed by atoms with Crippen molar-refractivity contribution in [2.24, 2.45) is 0 Å². The largest absolute Gasteiger partial charge is 0.432 e. The Balaban J connectivity index is 2.30. The quantitative estimate of drug-likeness (QED) is 0.780. The number of hydrogen-bond donors (Lipinski definition) is 0. The van der Waals surface area contributed by atoms with Gasteiger partial charge in [0, 0.05) is 0 Å². The molecule has 0 amide bonds. The zero-order chi connectivity index (χ0) is 14.7. The molecule has 2 aromatic rings. The predicted octanol–water partition coefficient (Wildman–Crippen LogP) is 2.75. The maximum atomic E-state index is 13.7. The second-order valence-corrected chi connectivity index (χ2v) is 4.37. The van der Waals surface area contributed by atoms with Gasteiger partial charge in [-0.05, 0) is 28.8 Å². The third kappa shape index (κ3) is 3.23. The molecule has 0 saturated carbocycles. The van der Waals surface area contributed by atoms with E-state index in [2.05, 4.69) is 11.3 Å². The fraction of sp³-hybridized carbons (Fsp3) is 0.0667. The van der Waals surface area contributed by atoms with Gasteiger partial charge in [0.2, 0.25) is 0 Å². The summed E-state index contributed by atoms with van der Waals surface area (Å²) < 4.78 is 41.9. The predicted molar refractivity (Wildman–Crippen MR) is 75.8 cm³/mol. The molecule has 0 N–H and O–H groups in total. The highest BCUT2D eigenvalue weighted by Crippen LogP contribution is 2.26. The van der Waals surface area contributed by atoms with E-state index in [0.717, 1.165) is 17.1 Å². The van der Waals surface area contributed by atoms with Crippen LogP contribution in [0.4, 0.5) is 13.2 Å². The van der Waals surface area contributed by atoms with Crippen LogP contribution in [0.2, 0.25) is 0 Å². The Kier molecular flexibility index (Phi) is 4.18. The number of rotatable bonds is 4. The van der Waals surface area contributed by atoms with Crippen molar-refractivity contribution in [3.8, 4) is 5.75 Å². The van der Waals surface area contributed by atoms with E-state index >= 15 is 0 Å². The lowest BCUT2D eigenvalue weighted by Gasteiger charge is -2.10. The zero-order valence-electron chi connectivity index (χ0n) is 10.9. The van der Waals surface area contributed by atoms with Gasteiger partial charge in [0.05, 0.1) is 0 Å². The topological polar surface area (TPSA) is 9.23 Å². The molecule has 0 spiro atoms. The zero-order valence-corrected chi connectivity index (χ0v) is 10.9. The van der Waals surface area contributed by atoms with Crippen molar-refractivity contribution in [2.45, 2.75) is 6.61 Å². The first-order valence-corrected chi connectivity index (χ1v) is 5.98. The summed E-state index contributed by atoms with van der Waals surface area (Å²) >= 11 is 0. The van der Waals surface area contributed by atoms with Crippen molar-refractivity contribution >= 4 is 18.9 Å². The highest BCUT2D eigenvalue weighted by atomic mass is 19.3. The molecule has 1 nitrogen and oxygen atoms in total. The molecule has 0 fully saturated rings. The Hall–Kier alpha value is -2.17. The number of halogens is 3. The number of alkyl halides is 2. The summed E-state index contributed by atoms with van der Waals surface area (Å²) in [6.45, 7) is 0.866. The van der Waals surface area contributed by atoms with Gasteiger partial charge in [0.25, 0.3) is 0 Å². The van der Waals surface area contributed by atoms with Gasteiger partial charge in [-0.3, -0.25) is 0 Å². The molecule has 0 atom stereocenters. The van der Waals surface area contributed by atoms with Gasteiger partial charge < -0.3 is 4.74 Å². The van der Waals surface area contributed by atoms with Gasteiger partial charge in [-0.2, -0.15) is 8.78 Å². The van der Waals surface area contributed by atoms with Crippen molar-refractivity contribution in [3.63, 3.8) is 0 Å². The highest BCUT2D eigenvalue weighted by Gasteiger charge is 2.12. The summed E-state index contributed by atoms with van der Waals surface area (Å²) in [6.07, 6.45) is 0. The maximum Gasteiger partial charge on any atom is 0.387 e. The molecule has 0 aliphatic carbocycles. The van der Waals surface area contributed by atoms with E-state index < -0.39 is 18.2 Å². The normalized spacial score (nSPS) is 10.6. The first kappa shape index (κ1) is 14.2. The van der Waals surface area contributed by atoms with Crippen molar-refractivity contribution in [1.82, 2.24) is 0 Å². The van der Waals surface area contributed by atoms with E-state index in [0.29, 0.717) is 11.1 Å². The molecule has 0 saturated heterocycles. The number of hydrogen-bond acceptors (Lipinski definition) is 1. The monoisotopic (exact) mass is 276 g/mol. The minimum atomic E-state index is -3.05. The van der Waals surface area contributed by atoms with E-state index in [1.807, 2.05) is 32.1 Å². The molecule has 0 radical (unpaired) electrons. The van der Waals surface area contributed by atoms with Crippen LogP contribution in [0.3, 0.4) is 0 Å². The van der Waals surface area contributed by atoms with Crippen LogP contribution in [-0.2, 0) is 0 Å². The Morgan fingerprint density at radius 1 is 1.10 bits per heavy atom. The highest BCUT2D eigenvalue weighted by molar-refractivity contribution is 6.32. The Morgan fingerprint density at radius 3 is 2.40 bits per heavy atom. The van der Waals surface area contributed by atoms with E-state index in [-0.39, 0.29) is 0 Å². The Labute approximate surface area is 116 Å². The van der Waals surface area contributed by atoms with Crippen molar-refractivity contribution in [3.05, 3.63) is 66.0 Å². The molecule has 102 valence electrons. The lowest BCUT2D eigenvalue weighted by Crippen LogP contribution is -2.04. The van der Waals surface area contributed by atoms with Crippen LogP contribution in [0, 0.1) is 5.82 Å². The van der Waals surface area contributed by atoms with E-state index in [1.54, 1.807) is 0 Å². The smallest absolute Gasteiger partial charge is 0.387 e. The van der Waals surface area contributed by atoms with Gasteiger partial charge in [0.1, 0.15) is 7.85 Å². The molecule has 0 aliphatic heterocycles. The van der Waals surface area contributed by atoms with Crippen LogP contribution in [0.15, 0.2) is 49.0 Å². The van der Waals surface area contributed by atoms with Gasteiger partial charge >= 0.3 is 6.61 Å². The van der Waals surface area contributed by atoms with E-state index in [4.69, 9.17) is 0 Å². The summed E-state index contributed by atoms with van der Waals surface area (Å²) in [4.78, 5) is 0. The minimum Gasteiger partial charge on any atom is -0.432 e. The van der Waals surface area contributed by atoms with Crippen LogP contribution in [0.25, 0.3) is 5.57 Å². The van der Waals surface area contributed by atoms with Crippen LogP contribution in [0.1, 0.15) is 11.1 Å². The summed E-state index contributed by atoms with van der Waals surface area (Å²) in [5.74, 6) is -1.31. The molecular weight excluding hydrogens is 264 g/mol. The lowest BCUT2D eigenvalue weighted by atomic mass is 9.91. The van der Waals surface area contributed by atoms with Crippen LogP contribution in [0.5, 0.6) is 5.75 Å². The molecule has 0 unspecified atom stereocenters. The summed E-state index contributed by atoms with van der Waals surface area (Å²) in [7, 11) is 1.94. The van der Waals surface area contributed by atoms with Crippen molar-refractivity contribution < 1.29 is 17.9 Å². The standard InChI is InChI=1S/C15H12BF3O/c1-9(10-3-2-4-12(16)7-10)11-5-6-14(13(17)8-11)20-15(18)19/h2-8,15H,1,16H2. The summed E-state index contributed by atoms with van der Waals surface area (Å²) in [5.41, 5.74) is 3.06. The van der Waals surface area contributed by atoms with Crippen molar-refractivity contribution in [2.75, 3.05) is 0 Å². The first-order valence-electron chi connectivity index (χ1n) is 5.98. The second-order valence-electron chi connectivity index (χ2n) is 4.37. The molecule has 20 heavy (non-hydrogen) atoms. The number of ether oxygens (including phenoxy) is 1. The van der Waals surface area contributed by atoms with Crippen LogP contribution in [-0.4, -0.2) is 14.5 Å². The van der Waals surface area contributed by atoms with Crippen LogP contribution < -0.4 is 10.2 Å². The average molecular weight is 276 g/mol. The average Bonchev–Trinajstić information content (AvgIpc) is 2.40. The third-order valence-corrected chi connectivity index (χ3v) is 2.86. The fourth-order valence-electron chi connectivity index (χ4n) is 1.88. The van der Waals surface area contributed by atoms with Crippen LogP contribution >= 0.6 is 0 Å². The number of benzene rings is 2. The van der Waals surface area contributed by atoms with Gasteiger partial charge in [-0.15, -0.1) is 0 Å². The van der Waals surface area contributed by atoms with Gasteiger partial charge in [-0.25, -0.2) is 4.39 Å². The van der Waals surface area contributed by atoms with Gasteiger partial charge in [-0.1, -0.05) is 42.4 Å². The molecule has 2 aromatic carbocycles. The van der Waals surface area contributed by atoms with Crippen molar-refractivity contribution in [1.29, 1.82) is 0 Å². The Bertz CT molecular complexity index is 641. The first-order chi connectivity index (χ1) is 9.47. The lowest BCUT2D eigenvalue weighted by molar-refractivity contribution is -0.0521. The molecule has 0 bridgehead atoms. The molecule has 2 rings (SSSR count). The molecule has 0 aliphatic rings. The molecule has 0 aromatic heterocycles. The minimum absolute atomic E-state index is 0.471. The fourth-order valence-corrected chi connectivity index (χ4v) is 1.88. The molecule has 0 heterocycles. The van der Waals surface area contributed by atoms with E-state index in [9.17, 15) is 13.2 Å². The summed E-state index contributed by atoms with van der Waals surface area (Å²) in [5, 5.41) is 0. The third-order valence-electron chi connectivity index (χ3n) is 2.86. The summed E-state index contributed by atoms with van der Waals surface area (Å²) in [6, 6.07) is 11.4. The van der Waals surface area contributed by atoms with Gasteiger partial charge in [0.15, 0.2) is 11.6 Å². The molecular formula is C15H12BF3O. The van der Waals surface area contributed by atoms with E-state index in [1.165, 1.54) is 12.1 Å². The Morgan fingerprint density at radius 2 is 1.80 bits per heavy atom. The maximum absolute atomic E-state index is 13.7.